The smallest absolute Gasteiger partial charge is 0.355 e. The highest BCUT2D eigenvalue weighted by Crippen LogP contribution is 2.24. The topological polar surface area (TPSA) is 62.4 Å². The zero-order valence-electron chi connectivity index (χ0n) is 14.9. The van der Waals surface area contributed by atoms with Crippen molar-refractivity contribution in [1.82, 2.24) is 4.98 Å². The third-order valence-electron chi connectivity index (χ3n) is 4.11. The molecule has 2 rings (SSSR count). The fourth-order valence-corrected chi connectivity index (χ4v) is 2.70. The van der Waals surface area contributed by atoms with E-state index >= 15 is 0 Å². The van der Waals surface area contributed by atoms with E-state index in [0.29, 0.717) is 18.8 Å². The molecule has 0 aliphatic heterocycles. The summed E-state index contributed by atoms with van der Waals surface area (Å²) in [5, 5.41) is 0. The van der Waals surface area contributed by atoms with Crippen LogP contribution in [0.3, 0.4) is 0 Å². The van der Waals surface area contributed by atoms with Crippen LogP contribution < -0.4 is 4.90 Å². The normalized spacial score (nSPS) is 10.5. The molecular weight excluding hydrogens is 304 g/mol. The molecule has 1 aromatic carbocycles. The van der Waals surface area contributed by atoms with Gasteiger partial charge < -0.3 is 14.6 Å². The van der Waals surface area contributed by atoms with Crippen molar-refractivity contribution < 1.29 is 14.3 Å². The first kappa shape index (κ1) is 17.8. The minimum Gasteiger partial charge on any atom is -0.461 e. The number of nitrogens with zero attached hydrogens (tertiary/aromatic N) is 1. The number of carbonyl (C=O) groups is 2. The van der Waals surface area contributed by atoms with Gasteiger partial charge in [0.25, 0.3) is 0 Å². The van der Waals surface area contributed by atoms with Crippen LogP contribution in [-0.2, 0) is 16.1 Å². The van der Waals surface area contributed by atoms with E-state index in [0.717, 1.165) is 28.1 Å². The highest BCUT2D eigenvalue weighted by molar-refractivity contribution is 5.92. The molecule has 0 unspecified atom stereocenters. The van der Waals surface area contributed by atoms with Crippen molar-refractivity contribution in [2.75, 3.05) is 11.5 Å². The Balaban J connectivity index is 2.35. The van der Waals surface area contributed by atoms with Gasteiger partial charge in [0.15, 0.2) is 0 Å². The fourth-order valence-electron chi connectivity index (χ4n) is 2.70. The minimum absolute atomic E-state index is 0.0449. The summed E-state index contributed by atoms with van der Waals surface area (Å²) in [6.45, 7) is 9.84. The number of aryl methyl sites for hydroxylation is 2. The second-order valence-corrected chi connectivity index (χ2v) is 5.89. The Morgan fingerprint density at radius 2 is 1.75 bits per heavy atom. The second-order valence-electron chi connectivity index (χ2n) is 5.89. The van der Waals surface area contributed by atoms with Gasteiger partial charge in [0, 0.05) is 18.3 Å². The molecular formula is C19H24N2O3. The molecule has 24 heavy (non-hydrogen) atoms. The number of aromatic amines is 1. The standard InChI is InChI=1S/C19H24N2O3/c1-6-24-19(23)18-13(3)17(14(4)20-18)11-21(15(5)22)16-9-7-12(2)8-10-16/h7-10,20H,6,11H2,1-5H3. The lowest BCUT2D eigenvalue weighted by Gasteiger charge is -2.22. The number of aromatic nitrogens is 1. The Morgan fingerprint density at radius 1 is 1.12 bits per heavy atom. The summed E-state index contributed by atoms with van der Waals surface area (Å²) in [4.78, 5) is 28.9. The van der Waals surface area contributed by atoms with Gasteiger partial charge in [-0.3, -0.25) is 4.79 Å². The molecule has 1 amide bonds. The zero-order chi connectivity index (χ0) is 17.9. The fraction of sp³-hybridized carbons (Fsp3) is 0.368. The molecule has 0 saturated heterocycles. The van der Waals surface area contributed by atoms with Gasteiger partial charge in [-0.2, -0.15) is 0 Å². The van der Waals surface area contributed by atoms with Gasteiger partial charge in [0.1, 0.15) is 5.69 Å². The summed E-state index contributed by atoms with van der Waals surface area (Å²) in [5.41, 5.74) is 5.07. The van der Waals surface area contributed by atoms with Gasteiger partial charge in [-0.15, -0.1) is 0 Å². The number of H-pyrrole nitrogens is 1. The summed E-state index contributed by atoms with van der Waals surface area (Å²) >= 11 is 0. The van der Waals surface area contributed by atoms with Crippen molar-refractivity contribution in [2.45, 2.75) is 41.2 Å². The van der Waals surface area contributed by atoms with Crippen molar-refractivity contribution in [2.24, 2.45) is 0 Å². The third kappa shape index (κ3) is 3.67. The first-order chi connectivity index (χ1) is 11.3. The van der Waals surface area contributed by atoms with Crippen LogP contribution in [0.2, 0.25) is 0 Å². The van der Waals surface area contributed by atoms with Crippen LogP contribution >= 0.6 is 0 Å². The molecule has 0 spiro atoms. The molecule has 0 saturated carbocycles. The van der Waals surface area contributed by atoms with Crippen LogP contribution in [0.5, 0.6) is 0 Å². The van der Waals surface area contributed by atoms with Gasteiger partial charge in [-0.1, -0.05) is 17.7 Å². The molecule has 0 bridgehead atoms. The summed E-state index contributed by atoms with van der Waals surface area (Å²) in [6.07, 6.45) is 0. The summed E-state index contributed by atoms with van der Waals surface area (Å²) in [5.74, 6) is -0.411. The van der Waals surface area contributed by atoms with Gasteiger partial charge in [-0.25, -0.2) is 4.79 Å². The molecule has 0 aliphatic carbocycles. The SMILES string of the molecule is CCOC(=O)c1[nH]c(C)c(CN(C(C)=O)c2ccc(C)cc2)c1C. The van der Waals surface area contributed by atoms with Crippen molar-refractivity contribution in [1.29, 1.82) is 0 Å². The third-order valence-corrected chi connectivity index (χ3v) is 4.11. The number of anilines is 1. The molecule has 5 nitrogen and oxygen atoms in total. The van der Waals surface area contributed by atoms with E-state index < -0.39 is 0 Å². The summed E-state index contributed by atoms with van der Waals surface area (Å²) in [7, 11) is 0. The lowest BCUT2D eigenvalue weighted by atomic mass is 10.1. The van der Waals surface area contributed by atoms with Crippen molar-refractivity contribution in [3.63, 3.8) is 0 Å². The van der Waals surface area contributed by atoms with Crippen molar-refractivity contribution in [3.05, 3.63) is 52.3 Å². The van der Waals surface area contributed by atoms with Crippen LogP contribution in [0.1, 0.15) is 46.7 Å². The summed E-state index contributed by atoms with van der Waals surface area (Å²) < 4.78 is 5.08. The van der Waals surface area contributed by atoms with Crippen molar-refractivity contribution in [3.8, 4) is 0 Å². The van der Waals surface area contributed by atoms with Gasteiger partial charge in [0.05, 0.1) is 13.2 Å². The number of benzene rings is 1. The number of esters is 1. The molecule has 1 N–H and O–H groups in total. The first-order valence-electron chi connectivity index (χ1n) is 8.05. The maximum atomic E-state index is 12.1. The van der Waals surface area contributed by atoms with Gasteiger partial charge in [-0.05, 0) is 51.0 Å². The predicted octanol–water partition coefficient (Wildman–Crippen LogP) is 3.67. The largest absolute Gasteiger partial charge is 0.461 e. The molecule has 0 fully saturated rings. The Bertz CT molecular complexity index is 745. The summed E-state index contributed by atoms with van der Waals surface area (Å²) in [6, 6.07) is 7.82. The number of carbonyl (C=O) groups excluding carboxylic acids is 2. The zero-order valence-corrected chi connectivity index (χ0v) is 14.9. The van der Waals surface area contributed by atoms with E-state index in [1.54, 1.807) is 18.7 Å². The number of nitrogens with one attached hydrogen (secondary N) is 1. The van der Waals surface area contributed by atoms with Crippen LogP contribution in [0, 0.1) is 20.8 Å². The monoisotopic (exact) mass is 328 g/mol. The van der Waals surface area contributed by atoms with E-state index in [2.05, 4.69) is 4.98 Å². The molecule has 128 valence electrons. The van der Waals surface area contributed by atoms with E-state index in [4.69, 9.17) is 4.74 Å². The lowest BCUT2D eigenvalue weighted by Crippen LogP contribution is -2.28. The Morgan fingerprint density at radius 3 is 2.29 bits per heavy atom. The Kier molecular flexibility index (Phi) is 5.44. The van der Waals surface area contributed by atoms with Crippen LogP contribution in [-0.4, -0.2) is 23.5 Å². The molecule has 1 heterocycles. The van der Waals surface area contributed by atoms with Gasteiger partial charge in [0.2, 0.25) is 5.91 Å². The molecule has 0 radical (unpaired) electrons. The van der Waals surface area contributed by atoms with E-state index in [1.165, 1.54) is 0 Å². The minimum atomic E-state index is -0.367. The van der Waals surface area contributed by atoms with E-state index in [-0.39, 0.29) is 11.9 Å². The van der Waals surface area contributed by atoms with Crippen molar-refractivity contribution >= 4 is 17.6 Å². The highest BCUT2D eigenvalue weighted by Gasteiger charge is 2.21. The number of hydrogen-bond donors (Lipinski definition) is 1. The van der Waals surface area contributed by atoms with Crippen LogP contribution in [0.15, 0.2) is 24.3 Å². The molecule has 0 aliphatic rings. The number of ether oxygens (including phenoxy) is 1. The van der Waals surface area contributed by atoms with Gasteiger partial charge >= 0.3 is 5.97 Å². The number of hydrogen-bond acceptors (Lipinski definition) is 3. The van der Waals surface area contributed by atoms with E-state index in [9.17, 15) is 9.59 Å². The average molecular weight is 328 g/mol. The Labute approximate surface area is 142 Å². The predicted molar refractivity (Wildman–Crippen MR) is 94.3 cm³/mol. The quantitative estimate of drug-likeness (QED) is 0.852. The number of amides is 1. The van der Waals surface area contributed by atoms with Crippen LogP contribution in [0.4, 0.5) is 5.69 Å². The lowest BCUT2D eigenvalue weighted by molar-refractivity contribution is -0.116. The highest BCUT2D eigenvalue weighted by atomic mass is 16.5. The maximum absolute atomic E-state index is 12.1. The maximum Gasteiger partial charge on any atom is 0.355 e. The number of rotatable bonds is 5. The molecule has 1 aromatic heterocycles. The molecule has 5 heteroatoms. The second kappa shape index (κ2) is 7.34. The van der Waals surface area contributed by atoms with Crippen LogP contribution in [0.25, 0.3) is 0 Å². The average Bonchev–Trinajstić information content (AvgIpc) is 2.81. The molecule has 2 aromatic rings. The Hall–Kier alpha value is -2.56. The first-order valence-corrected chi connectivity index (χ1v) is 8.05. The molecule has 0 atom stereocenters. The van der Waals surface area contributed by atoms with E-state index in [1.807, 2.05) is 45.0 Å².